The molecule has 5 N–H and O–H groups in total. The Bertz CT molecular complexity index is 1420. The summed E-state index contributed by atoms with van der Waals surface area (Å²) in [4.78, 5) is 17.8. The Morgan fingerprint density at radius 3 is 1.43 bits per heavy atom. The van der Waals surface area contributed by atoms with Crippen LogP contribution >= 0.6 is 0 Å². The van der Waals surface area contributed by atoms with Crippen LogP contribution in [0.1, 0.15) is 49.4 Å². The van der Waals surface area contributed by atoms with E-state index in [1.807, 2.05) is 24.5 Å². The van der Waals surface area contributed by atoms with Crippen LogP contribution in [0.2, 0.25) is 1.41 Å². The lowest BCUT2D eigenvalue weighted by molar-refractivity contribution is 0.613. The van der Waals surface area contributed by atoms with Crippen LogP contribution in [0.4, 0.5) is 0 Å². The van der Waals surface area contributed by atoms with Gasteiger partial charge in [0.2, 0.25) is 0 Å². The van der Waals surface area contributed by atoms with Gasteiger partial charge in [-0.15, -0.1) is 0 Å². The molecule has 2 aliphatic heterocycles. The molecule has 2 aliphatic rings. The van der Waals surface area contributed by atoms with Crippen LogP contribution in [-0.2, 0) is 0 Å². The van der Waals surface area contributed by atoms with Crippen LogP contribution in [0.15, 0.2) is 73.1 Å². The number of nitrogens with one attached hydrogen (secondary N) is 5. The Labute approximate surface area is 217 Å². The van der Waals surface area contributed by atoms with Crippen LogP contribution in [0.25, 0.3) is 45.0 Å². The van der Waals surface area contributed by atoms with Gasteiger partial charge in [0.1, 0.15) is 11.6 Å². The Morgan fingerprint density at radius 2 is 1.03 bits per heavy atom. The highest BCUT2D eigenvalue weighted by Crippen LogP contribution is 2.30. The quantitative estimate of drug-likeness (QED) is 0.202. The summed E-state index contributed by atoms with van der Waals surface area (Å²) in [7, 11) is 0. The zero-order valence-corrected chi connectivity index (χ0v) is 20.7. The average Bonchev–Trinajstić information content (AvgIpc) is 3.79. The van der Waals surface area contributed by atoms with Gasteiger partial charge in [-0.25, -0.2) is 9.97 Å². The molecule has 0 spiro atoms. The number of hydrogen-bond acceptors (Lipinski definition) is 4. The number of benzene rings is 2. The molecule has 37 heavy (non-hydrogen) atoms. The normalized spacial score (nSPS) is 19.9. The fourth-order valence-corrected chi connectivity index (χ4v) is 5.47. The third-order valence-corrected chi connectivity index (χ3v) is 7.57. The summed E-state index contributed by atoms with van der Waals surface area (Å²) in [5.41, 5.74) is 7.76. The number of nitrogens with zero attached hydrogens (tertiary/aromatic N) is 2. The summed E-state index contributed by atoms with van der Waals surface area (Å²) >= 11 is 0. The third kappa shape index (κ3) is 4.41. The molecule has 0 radical (unpaired) electrons. The van der Waals surface area contributed by atoms with Crippen molar-refractivity contribution in [2.45, 2.75) is 37.8 Å². The minimum absolute atomic E-state index is 0.327. The number of H-pyrrole nitrogens is 3. The van der Waals surface area contributed by atoms with Gasteiger partial charge in [0.05, 0.1) is 23.5 Å². The van der Waals surface area contributed by atoms with Crippen molar-refractivity contribution in [1.29, 1.82) is 0 Å². The smallest absolute Gasteiger partial charge is 0.167 e. The number of imidazole rings is 2. The van der Waals surface area contributed by atoms with Crippen molar-refractivity contribution in [3.05, 3.63) is 84.7 Å². The summed E-state index contributed by atoms with van der Waals surface area (Å²) in [6.45, 7) is 2.11. The molecule has 7 rings (SSSR count). The second-order valence-electron chi connectivity index (χ2n) is 10.0. The second kappa shape index (κ2) is 9.50. The summed E-state index contributed by atoms with van der Waals surface area (Å²) in [5, 5.41) is 6.98. The van der Waals surface area contributed by atoms with Crippen molar-refractivity contribution in [3.63, 3.8) is 0 Å². The van der Waals surface area contributed by atoms with E-state index in [9.17, 15) is 0 Å². The average molecular weight is 491 g/mol. The molecule has 2 unspecified atom stereocenters. The lowest BCUT2D eigenvalue weighted by Crippen LogP contribution is -2.14. The molecule has 2 aromatic carbocycles. The summed E-state index contributed by atoms with van der Waals surface area (Å²) in [6.07, 6.45) is 8.59. The summed E-state index contributed by atoms with van der Waals surface area (Å²) < 4.78 is 8.80. The van der Waals surface area contributed by atoms with Crippen LogP contribution in [0.3, 0.4) is 0 Å². The molecule has 0 saturated carbocycles. The van der Waals surface area contributed by atoms with E-state index >= 15 is 0 Å². The second-order valence-corrected chi connectivity index (χ2v) is 10.0. The molecule has 2 saturated heterocycles. The molecule has 0 aliphatic carbocycles. The first-order chi connectivity index (χ1) is 18.7. The Kier molecular flexibility index (Phi) is 5.44. The highest BCUT2D eigenvalue weighted by atomic mass is 15.0. The fraction of sp³-hybridized carbons (Fsp3) is 0.267. The fourth-order valence-electron chi connectivity index (χ4n) is 5.47. The first kappa shape index (κ1) is 21.2. The van der Waals surface area contributed by atoms with Crippen LogP contribution in [0, 0.1) is 0 Å². The summed E-state index contributed by atoms with van der Waals surface area (Å²) in [5.74, 6) is 2.02. The van der Waals surface area contributed by atoms with Gasteiger partial charge >= 0.3 is 0 Å². The van der Waals surface area contributed by atoms with E-state index in [0.717, 1.165) is 82.6 Å². The van der Waals surface area contributed by atoms with E-state index in [1.165, 1.54) is 17.8 Å². The molecule has 186 valence electrons. The Hall–Kier alpha value is -3.94. The molecular formula is C30H31N7. The van der Waals surface area contributed by atoms with Crippen molar-refractivity contribution >= 4 is 0 Å². The van der Waals surface area contributed by atoms with E-state index in [-0.39, 0.29) is 0 Å². The van der Waals surface area contributed by atoms with E-state index in [0.29, 0.717) is 12.1 Å². The number of hydrogen-bond donors (Lipinski definition) is 5. The lowest BCUT2D eigenvalue weighted by atomic mass is 10.1. The monoisotopic (exact) mass is 490 g/mol. The maximum Gasteiger partial charge on any atom is 0.167 e. The molecule has 3 aromatic heterocycles. The third-order valence-electron chi connectivity index (χ3n) is 7.57. The molecule has 7 heteroatoms. The molecule has 0 amide bonds. The van der Waals surface area contributed by atoms with Gasteiger partial charge in [-0.05, 0) is 62.0 Å². The van der Waals surface area contributed by atoms with Crippen molar-refractivity contribution < 1.29 is 1.41 Å². The maximum atomic E-state index is 8.80. The minimum atomic E-state index is 0.327. The summed E-state index contributed by atoms with van der Waals surface area (Å²) in [6, 6.07) is 21.3. The van der Waals surface area contributed by atoms with Crippen LogP contribution < -0.4 is 10.6 Å². The van der Waals surface area contributed by atoms with Crippen molar-refractivity contribution in [3.8, 4) is 45.0 Å². The molecular weight excluding hydrogens is 458 g/mol. The highest BCUT2D eigenvalue weighted by Gasteiger charge is 2.20. The van der Waals surface area contributed by atoms with E-state index in [1.54, 1.807) is 0 Å². The number of rotatable bonds is 6. The lowest BCUT2D eigenvalue weighted by Gasteiger charge is -2.05. The van der Waals surface area contributed by atoms with Crippen molar-refractivity contribution in [2.24, 2.45) is 0 Å². The molecule has 2 atom stereocenters. The van der Waals surface area contributed by atoms with E-state index in [4.69, 9.17) is 11.4 Å². The Balaban J connectivity index is 1.08. The highest BCUT2D eigenvalue weighted by molar-refractivity contribution is 5.72. The Morgan fingerprint density at radius 1 is 0.595 bits per heavy atom. The zero-order chi connectivity index (χ0) is 25.5. The molecule has 5 aromatic rings. The number of aromatic amines is 3. The topological polar surface area (TPSA) is 97.2 Å². The molecule has 7 nitrogen and oxygen atoms in total. The van der Waals surface area contributed by atoms with Gasteiger partial charge in [0.15, 0.2) is 1.41 Å². The van der Waals surface area contributed by atoms with Crippen molar-refractivity contribution in [2.75, 3.05) is 13.1 Å². The van der Waals surface area contributed by atoms with Gasteiger partial charge in [-0.1, -0.05) is 48.5 Å². The van der Waals surface area contributed by atoms with Gasteiger partial charge in [0, 0.05) is 34.9 Å². The first-order valence-electron chi connectivity index (χ1n) is 13.7. The predicted molar refractivity (Wildman–Crippen MR) is 147 cm³/mol. The molecule has 2 fully saturated rings. The zero-order valence-electron chi connectivity index (χ0n) is 21.7. The minimum Gasteiger partial charge on any atom is -0.355 e. The van der Waals surface area contributed by atoms with Gasteiger partial charge in [0.25, 0.3) is 0 Å². The standard InChI is InChI=1S/C30H31N7/c1-3-25(31-15-1)29-33-17-27(36-29)21-9-5-19(6-10-21)23-13-14-24(35-23)20-7-11-22(12-8-20)28-18-34-30(37-28)26-4-2-16-32-26/h5-14,17-18,25-26,31-32,35H,1-4,15-16H2,(H,33,36)(H,34,37)/i/hD. The maximum absolute atomic E-state index is 8.80. The first-order valence-corrected chi connectivity index (χ1v) is 13.2. The van der Waals surface area contributed by atoms with Gasteiger partial charge in [-0.2, -0.15) is 0 Å². The van der Waals surface area contributed by atoms with E-state index in [2.05, 4.69) is 69.1 Å². The van der Waals surface area contributed by atoms with Gasteiger partial charge in [-0.3, -0.25) is 0 Å². The number of aromatic nitrogens is 5. The largest absolute Gasteiger partial charge is 0.355 e. The van der Waals surface area contributed by atoms with Gasteiger partial charge < -0.3 is 25.6 Å². The van der Waals surface area contributed by atoms with E-state index < -0.39 is 0 Å². The van der Waals surface area contributed by atoms with Crippen LogP contribution in [0.5, 0.6) is 0 Å². The molecule has 5 heterocycles. The molecule has 0 bridgehead atoms. The van der Waals surface area contributed by atoms with Crippen LogP contribution in [-0.4, -0.2) is 38.0 Å². The SMILES string of the molecule is [2H]n1c(-c2ccc(-c3c[nH]c(C4CCCN4)n3)cc2)ccc1-c1ccc(-c2c[nH]c(C3CCCN3)n2)cc1. The predicted octanol–water partition coefficient (Wildman–Crippen LogP) is 5.98. The van der Waals surface area contributed by atoms with Crippen molar-refractivity contribution in [1.82, 2.24) is 35.5 Å².